The van der Waals surface area contributed by atoms with E-state index in [4.69, 9.17) is 14.3 Å². The summed E-state index contributed by atoms with van der Waals surface area (Å²) in [5, 5.41) is 0. The Morgan fingerprint density at radius 3 is 2.00 bits per heavy atom. The fourth-order valence-electron chi connectivity index (χ4n) is 0.0614. The van der Waals surface area contributed by atoms with Gasteiger partial charge in [-0.3, -0.25) is 4.57 Å². The van der Waals surface area contributed by atoms with Crippen molar-refractivity contribution in [2.45, 2.75) is 11.9 Å². The van der Waals surface area contributed by atoms with Crippen molar-refractivity contribution < 1.29 is 18.9 Å². The van der Waals surface area contributed by atoms with Gasteiger partial charge < -0.3 is 14.3 Å². The molecule has 0 radical (unpaired) electrons. The van der Waals surface area contributed by atoms with Crippen LogP contribution in [0, 0.1) is 0 Å². The molecule has 0 aliphatic carbocycles. The second-order valence-electron chi connectivity index (χ2n) is 1.29. The summed E-state index contributed by atoms with van der Waals surface area (Å²) in [7, 11) is -4.04. The third-order valence-electron chi connectivity index (χ3n) is 0.626. The van der Waals surface area contributed by atoms with Crippen LogP contribution in [-0.2, 0) is 4.57 Å². The molecule has 6 heteroatoms. The predicted molar refractivity (Wildman–Crippen MR) is 31.7 cm³/mol. The summed E-state index contributed by atoms with van der Waals surface area (Å²) in [4.78, 5) is 15.4. The van der Waals surface area contributed by atoms with E-state index in [1.165, 1.54) is 6.92 Å². The van der Waals surface area contributed by atoms with Crippen molar-refractivity contribution in [2.75, 3.05) is 0 Å². The highest BCUT2D eigenvalue weighted by atomic mass is 32.2. The summed E-state index contributed by atoms with van der Waals surface area (Å²) in [6.45, 7) is 1.26. The van der Waals surface area contributed by atoms with Crippen LogP contribution in [0.25, 0.3) is 0 Å². The van der Waals surface area contributed by atoms with E-state index in [0.29, 0.717) is 0 Å². The highest BCUT2D eigenvalue weighted by Crippen LogP contribution is 2.45. The summed E-state index contributed by atoms with van der Waals surface area (Å²) < 4.78 is 18.2. The van der Waals surface area contributed by atoms with E-state index < -0.39 is 12.6 Å². The standard InChI is InChI=1S/C2H7O4PS/c1-2(8-6)7(3,4)5/h2,6H,1H3,(H2,3,4,5). The number of hydrogen-bond donors (Lipinski definition) is 3. The summed E-state index contributed by atoms with van der Waals surface area (Å²) in [6.07, 6.45) is 0. The zero-order valence-electron chi connectivity index (χ0n) is 4.18. The molecule has 0 amide bonds. The Bertz CT molecular complexity index is 109. The van der Waals surface area contributed by atoms with E-state index in [0.717, 1.165) is 0 Å². The molecule has 0 fully saturated rings. The van der Waals surface area contributed by atoms with Gasteiger partial charge in [0.2, 0.25) is 0 Å². The fourth-order valence-corrected chi connectivity index (χ4v) is 0.553. The minimum Gasteiger partial charge on any atom is -0.329 e. The number of hydrogen-bond acceptors (Lipinski definition) is 3. The van der Waals surface area contributed by atoms with Crippen molar-refractivity contribution >= 4 is 19.6 Å². The lowest BCUT2D eigenvalue weighted by Gasteiger charge is -2.06. The molecule has 50 valence electrons. The highest BCUT2D eigenvalue weighted by molar-refractivity contribution is 8.00. The maximum absolute atomic E-state index is 10.1. The van der Waals surface area contributed by atoms with Crippen molar-refractivity contribution in [3.05, 3.63) is 0 Å². The largest absolute Gasteiger partial charge is 0.340 e. The molecule has 0 aliphatic rings. The monoisotopic (exact) mass is 158 g/mol. The summed E-state index contributed by atoms with van der Waals surface area (Å²) in [6, 6.07) is 0. The van der Waals surface area contributed by atoms with E-state index in [1.54, 1.807) is 0 Å². The molecule has 0 saturated carbocycles. The van der Waals surface area contributed by atoms with Crippen LogP contribution in [0.3, 0.4) is 0 Å². The molecule has 0 aliphatic heterocycles. The molecule has 8 heavy (non-hydrogen) atoms. The Kier molecular flexibility index (Phi) is 3.01. The molecule has 0 spiro atoms. The van der Waals surface area contributed by atoms with Crippen LogP contribution in [0.15, 0.2) is 0 Å². The Hall–Kier alpha value is 0.460. The van der Waals surface area contributed by atoms with Gasteiger partial charge in [0.1, 0.15) is 4.99 Å². The van der Waals surface area contributed by atoms with E-state index in [9.17, 15) is 4.57 Å². The van der Waals surface area contributed by atoms with Crippen molar-refractivity contribution in [2.24, 2.45) is 0 Å². The molecule has 1 unspecified atom stereocenters. The van der Waals surface area contributed by atoms with E-state index >= 15 is 0 Å². The van der Waals surface area contributed by atoms with Crippen molar-refractivity contribution in [1.82, 2.24) is 0 Å². The van der Waals surface area contributed by atoms with E-state index in [1.807, 2.05) is 0 Å². The molecule has 0 aromatic rings. The van der Waals surface area contributed by atoms with Gasteiger partial charge in [-0.15, -0.1) is 0 Å². The molecule has 0 aromatic carbocycles. The Balaban J connectivity index is 3.82. The quantitative estimate of drug-likeness (QED) is 0.407. The first-order valence-corrected chi connectivity index (χ1v) is 4.35. The smallest absolute Gasteiger partial charge is 0.329 e. The van der Waals surface area contributed by atoms with Crippen molar-refractivity contribution in [3.63, 3.8) is 0 Å². The van der Waals surface area contributed by atoms with Gasteiger partial charge in [-0.25, -0.2) is 0 Å². The third-order valence-corrected chi connectivity index (χ3v) is 2.99. The molecule has 1 atom stereocenters. The minimum atomic E-state index is -4.04. The normalized spacial score (nSPS) is 16.0. The maximum atomic E-state index is 10.1. The highest BCUT2D eigenvalue weighted by Gasteiger charge is 2.23. The Labute approximate surface area is 51.3 Å². The average molecular weight is 158 g/mol. The Morgan fingerprint density at radius 2 is 2.00 bits per heavy atom. The van der Waals surface area contributed by atoms with E-state index in [2.05, 4.69) is 0 Å². The summed E-state index contributed by atoms with van der Waals surface area (Å²) in [5.74, 6) is 0. The average Bonchev–Trinajstić information content (AvgIpc) is 1.62. The third kappa shape index (κ3) is 2.69. The number of rotatable bonds is 2. The van der Waals surface area contributed by atoms with Crippen LogP contribution in [0.4, 0.5) is 0 Å². The van der Waals surface area contributed by atoms with Gasteiger partial charge in [0.25, 0.3) is 0 Å². The maximum Gasteiger partial charge on any atom is 0.340 e. The molecule has 0 saturated heterocycles. The van der Waals surface area contributed by atoms with Crippen LogP contribution in [-0.4, -0.2) is 19.3 Å². The van der Waals surface area contributed by atoms with Crippen molar-refractivity contribution in [3.8, 4) is 0 Å². The molecule has 3 N–H and O–H groups in total. The molecule has 0 aromatic heterocycles. The Morgan fingerprint density at radius 1 is 1.62 bits per heavy atom. The molecular formula is C2H7O4PS. The first-order chi connectivity index (χ1) is 3.48. The zero-order chi connectivity index (χ0) is 6.78. The topological polar surface area (TPSA) is 77.8 Å². The molecule has 0 rings (SSSR count). The summed E-state index contributed by atoms with van der Waals surface area (Å²) >= 11 is 0.169. The van der Waals surface area contributed by atoms with Gasteiger partial charge in [0.15, 0.2) is 0 Å². The zero-order valence-corrected chi connectivity index (χ0v) is 5.89. The molecule has 4 nitrogen and oxygen atoms in total. The summed E-state index contributed by atoms with van der Waals surface area (Å²) in [5.41, 5.74) is 0. The van der Waals surface area contributed by atoms with Gasteiger partial charge in [-0.1, -0.05) is 0 Å². The first-order valence-electron chi connectivity index (χ1n) is 1.84. The lowest BCUT2D eigenvalue weighted by atomic mass is 11.0. The molecule has 0 bridgehead atoms. The van der Waals surface area contributed by atoms with E-state index in [-0.39, 0.29) is 12.0 Å². The first kappa shape index (κ1) is 8.46. The molecule has 0 heterocycles. The minimum absolute atomic E-state index is 0.169. The molecular weight excluding hydrogens is 151 g/mol. The van der Waals surface area contributed by atoms with Gasteiger partial charge >= 0.3 is 7.60 Å². The van der Waals surface area contributed by atoms with Crippen LogP contribution in [0.1, 0.15) is 6.92 Å². The second-order valence-corrected chi connectivity index (χ2v) is 4.51. The van der Waals surface area contributed by atoms with Gasteiger partial charge in [-0.05, 0) is 6.92 Å². The van der Waals surface area contributed by atoms with Crippen molar-refractivity contribution in [1.29, 1.82) is 0 Å². The lowest BCUT2D eigenvalue weighted by Crippen LogP contribution is -1.94. The SMILES string of the molecule is CC(SO)P(=O)(O)O. The fraction of sp³-hybridized carbons (Fsp3) is 1.00. The van der Waals surface area contributed by atoms with Gasteiger partial charge in [0.05, 0.1) is 0 Å². The van der Waals surface area contributed by atoms with Gasteiger partial charge in [0, 0.05) is 12.0 Å². The predicted octanol–water partition coefficient (Wildman–Crippen LogP) is 0.716. The van der Waals surface area contributed by atoms with Gasteiger partial charge in [-0.2, -0.15) is 0 Å². The van der Waals surface area contributed by atoms with Crippen LogP contribution in [0.2, 0.25) is 0 Å². The van der Waals surface area contributed by atoms with Crippen LogP contribution in [0.5, 0.6) is 0 Å². The van der Waals surface area contributed by atoms with Crippen LogP contribution >= 0.6 is 19.6 Å². The second kappa shape index (κ2) is 2.85. The lowest BCUT2D eigenvalue weighted by molar-refractivity contribution is 0.370. The van der Waals surface area contributed by atoms with Crippen LogP contribution < -0.4 is 0 Å².